The standard InChI is InChI=1S/C17H23FN2O5Si/c1-24-15(21)10-19-16(22)13-9-12(18)5-6-14(13)20(17(19)23)11-25-7-8-26(2,3)4/h5-6,9H,7-8,10-11H2,1-4H3. The van der Waals surface area contributed by atoms with Crippen molar-refractivity contribution in [3.8, 4) is 0 Å². The fourth-order valence-corrected chi connectivity index (χ4v) is 3.14. The molecule has 0 saturated heterocycles. The van der Waals surface area contributed by atoms with E-state index in [4.69, 9.17) is 4.74 Å². The number of rotatable bonds is 7. The van der Waals surface area contributed by atoms with Gasteiger partial charge in [-0.25, -0.2) is 13.8 Å². The Morgan fingerprint density at radius 1 is 1.19 bits per heavy atom. The van der Waals surface area contributed by atoms with Crippen LogP contribution in [0.25, 0.3) is 10.9 Å². The Labute approximate surface area is 151 Å². The second kappa shape index (κ2) is 7.96. The molecule has 2 aromatic rings. The van der Waals surface area contributed by atoms with Crippen LogP contribution in [0.15, 0.2) is 27.8 Å². The van der Waals surface area contributed by atoms with Gasteiger partial charge in [-0.1, -0.05) is 19.6 Å². The third-order valence-corrected chi connectivity index (χ3v) is 5.62. The minimum absolute atomic E-state index is 0.00213. The maximum atomic E-state index is 13.6. The van der Waals surface area contributed by atoms with Crippen molar-refractivity contribution in [2.75, 3.05) is 13.7 Å². The van der Waals surface area contributed by atoms with Gasteiger partial charge in [0.15, 0.2) is 0 Å². The number of esters is 1. The molecule has 0 atom stereocenters. The number of halogens is 1. The lowest BCUT2D eigenvalue weighted by molar-refractivity contribution is -0.141. The number of ether oxygens (including phenoxy) is 2. The molecule has 1 heterocycles. The zero-order chi connectivity index (χ0) is 19.5. The van der Waals surface area contributed by atoms with Crippen molar-refractivity contribution in [2.45, 2.75) is 39.0 Å². The van der Waals surface area contributed by atoms with Crippen molar-refractivity contribution in [2.24, 2.45) is 0 Å². The minimum atomic E-state index is -1.30. The molecule has 0 unspecified atom stereocenters. The van der Waals surface area contributed by atoms with E-state index in [2.05, 4.69) is 24.4 Å². The second-order valence-corrected chi connectivity index (χ2v) is 12.8. The van der Waals surface area contributed by atoms with Crippen molar-refractivity contribution < 1.29 is 18.7 Å². The molecule has 1 aromatic carbocycles. The third-order valence-electron chi connectivity index (χ3n) is 3.92. The molecule has 0 fully saturated rings. The normalized spacial score (nSPS) is 11.7. The largest absolute Gasteiger partial charge is 0.468 e. The van der Waals surface area contributed by atoms with Crippen LogP contribution in [0, 0.1) is 5.82 Å². The van der Waals surface area contributed by atoms with Gasteiger partial charge in [0, 0.05) is 14.7 Å². The van der Waals surface area contributed by atoms with Gasteiger partial charge in [0.05, 0.1) is 18.0 Å². The van der Waals surface area contributed by atoms with Gasteiger partial charge >= 0.3 is 11.7 Å². The van der Waals surface area contributed by atoms with Crippen molar-refractivity contribution >= 4 is 24.9 Å². The highest BCUT2D eigenvalue weighted by molar-refractivity contribution is 6.76. The van der Waals surface area contributed by atoms with Crippen molar-refractivity contribution in [3.63, 3.8) is 0 Å². The predicted molar refractivity (Wildman–Crippen MR) is 98.5 cm³/mol. The van der Waals surface area contributed by atoms with E-state index in [0.29, 0.717) is 6.61 Å². The number of benzene rings is 1. The lowest BCUT2D eigenvalue weighted by Crippen LogP contribution is -2.42. The van der Waals surface area contributed by atoms with Gasteiger partial charge in [-0.05, 0) is 24.2 Å². The van der Waals surface area contributed by atoms with Crippen molar-refractivity contribution in [3.05, 3.63) is 44.9 Å². The summed E-state index contributed by atoms with van der Waals surface area (Å²) < 4.78 is 25.7. The minimum Gasteiger partial charge on any atom is -0.468 e. The van der Waals surface area contributed by atoms with Crippen molar-refractivity contribution in [1.29, 1.82) is 0 Å². The molecule has 0 aliphatic carbocycles. The Morgan fingerprint density at radius 2 is 1.88 bits per heavy atom. The van der Waals surface area contributed by atoms with E-state index >= 15 is 0 Å². The average Bonchev–Trinajstić information content (AvgIpc) is 2.57. The Kier molecular flexibility index (Phi) is 6.14. The highest BCUT2D eigenvalue weighted by Crippen LogP contribution is 2.12. The Bertz CT molecular complexity index is 930. The first-order chi connectivity index (χ1) is 12.1. The molecule has 0 radical (unpaired) electrons. The summed E-state index contributed by atoms with van der Waals surface area (Å²) in [5.74, 6) is -1.35. The highest BCUT2D eigenvalue weighted by Gasteiger charge is 2.17. The SMILES string of the molecule is COC(=O)Cn1c(=O)c2cc(F)ccc2n(COCC[Si](C)(C)C)c1=O. The highest BCUT2D eigenvalue weighted by atomic mass is 28.3. The van der Waals surface area contributed by atoms with Crippen LogP contribution < -0.4 is 11.2 Å². The topological polar surface area (TPSA) is 79.5 Å². The van der Waals surface area contributed by atoms with Crippen LogP contribution in [0.1, 0.15) is 0 Å². The van der Waals surface area contributed by atoms with Crippen molar-refractivity contribution in [1.82, 2.24) is 9.13 Å². The summed E-state index contributed by atoms with van der Waals surface area (Å²) in [5, 5.41) is 0.00213. The van der Waals surface area contributed by atoms with Crippen LogP contribution >= 0.6 is 0 Å². The summed E-state index contributed by atoms with van der Waals surface area (Å²) in [4.78, 5) is 36.7. The average molecular weight is 382 g/mol. The molecule has 0 amide bonds. The third kappa shape index (κ3) is 4.67. The lowest BCUT2D eigenvalue weighted by atomic mass is 10.2. The lowest BCUT2D eigenvalue weighted by Gasteiger charge is -2.17. The maximum Gasteiger partial charge on any atom is 0.333 e. The van der Waals surface area contributed by atoms with Crippen LogP contribution in [-0.2, 0) is 27.5 Å². The first kappa shape index (κ1) is 20.1. The van der Waals surface area contributed by atoms with E-state index in [9.17, 15) is 18.8 Å². The summed E-state index contributed by atoms with van der Waals surface area (Å²) in [6, 6.07) is 4.49. The number of hydrogen-bond acceptors (Lipinski definition) is 5. The van der Waals surface area contributed by atoms with E-state index in [0.717, 1.165) is 23.8 Å². The number of carbonyl (C=O) groups is 1. The molecule has 2 rings (SSSR count). The van der Waals surface area contributed by atoms with Gasteiger partial charge in [0.2, 0.25) is 0 Å². The Hall–Kier alpha value is -2.26. The molecular weight excluding hydrogens is 359 g/mol. The Balaban J connectivity index is 2.48. The predicted octanol–water partition coefficient (Wildman–Crippen LogP) is 1.79. The molecule has 0 N–H and O–H groups in total. The molecule has 142 valence electrons. The van der Waals surface area contributed by atoms with Crippen LogP contribution in [0.3, 0.4) is 0 Å². The number of methoxy groups -OCH3 is 1. The molecule has 7 nitrogen and oxygen atoms in total. The van der Waals surface area contributed by atoms with Crippen LogP contribution in [0.2, 0.25) is 25.7 Å². The molecule has 9 heteroatoms. The van der Waals surface area contributed by atoms with Gasteiger partial charge in [-0.2, -0.15) is 0 Å². The second-order valence-electron chi connectivity index (χ2n) is 7.19. The van der Waals surface area contributed by atoms with Crippen LogP contribution in [-0.4, -0.2) is 36.9 Å². The summed E-state index contributed by atoms with van der Waals surface area (Å²) >= 11 is 0. The van der Waals surface area contributed by atoms with Gasteiger partial charge < -0.3 is 9.47 Å². The molecule has 0 bridgehead atoms. The summed E-state index contributed by atoms with van der Waals surface area (Å²) in [7, 11) is -0.136. The molecule has 0 aliphatic heterocycles. The zero-order valence-electron chi connectivity index (χ0n) is 15.4. The van der Waals surface area contributed by atoms with Gasteiger partial charge in [-0.3, -0.25) is 14.2 Å². The molecule has 0 saturated carbocycles. The number of nitrogens with zero attached hydrogens (tertiary/aromatic N) is 2. The molecular formula is C17H23FN2O5Si. The quantitative estimate of drug-likeness (QED) is 0.414. The number of aromatic nitrogens is 2. The molecule has 26 heavy (non-hydrogen) atoms. The zero-order valence-corrected chi connectivity index (χ0v) is 16.4. The van der Waals surface area contributed by atoms with E-state index < -0.39 is 37.7 Å². The monoisotopic (exact) mass is 382 g/mol. The summed E-state index contributed by atoms with van der Waals surface area (Å²) in [6.07, 6.45) is 0. The smallest absolute Gasteiger partial charge is 0.333 e. The van der Waals surface area contributed by atoms with Crippen LogP contribution in [0.5, 0.6) is 0 Å². The molecule has 0 spiro atoms. The van der Waals surface area contributed by atoms with E-state index in [1.165, 1.54) is 16.7 Å². The maximum absolute atomic E-state index is 13.6. The van der Waals surface area contributed by atoms with E-state index in [1.807, 2.05) is 0 Å². The molecule has 1 aromatic heterocycles. The van der Waals surface area contributed by atoms with Gasteiger partial charge in [0.1, 0.15) is 19.1 Å². The first-order valence-corrected chi connectivity index (χ1v) is 11.9. The van der Waals surface area contributed by atoms with Crippen LogP contribution in [0.4, 0.5) is 4.39 Å². The van der Waals surface area contributed by atoms with E-state index in [1.54, 1.807) is 0 Å². The van der Waals surface area contributed by atoms with E-state index in [-0.39, 0.29) is 17.6 Å². The summed E-state index contributed by atoms with van der Waals surface area (Å²) in [5.41, 5.74) is -1.18. The van der Waals surface area contributed by atoms with Gasteiger partial charge in [-0.15, -0.1) is 0 Å². The van der Waals surface area contributed by atoms with Gasteiger partial charge in [0.25, 0.3) is 5.56 Å². The fourth-order valence-electron chi connectivity index (χ4n) is 2.39. The number of carbonyl (C=O) groups excluding carboxylic acids is 1. The first-order valence-electron chi connectivity index (χ1n) is 8.21. The summed E-state index contributed by atoms with van der Waals surface area (Å²) in [6.45, 7) is 6.45. The number of hydrogen-bond donors (Lipinski definition) is 0. The Morgan fingerprint density at radius 3 is 2.50 bits per heavy atom. The molecule has 0 aliphatic rings. The number of fused-ring (bicyclic) bond motifs is 1. The fraction of sp³-hybridized carbons (Fsp3) is 0.471.